The SMILES string of the molecule is CC(C)=C/C(=C/c1ccccc1)c1ccccc1C. The Morgan fingerprint density at radius 2 is 1.47 bits per heavy atom. The van der Waals surface area contributed by atoms with Crippen molar-refractivity contribution in [3.05, 3.63) is 82.9 Å². The molecule has 0 heteroatoms. The summed E-state index contributed by atoms with van der Waals surface area (Å²) in [6.07, 6.45) is 4.49. The normalized spacial score (nSPS) is 11.2. The summed E-state index contributed by atoms with van der Waals surface area (Å²) >= 11 is 0. The molecule has 2 aromatic carbocycles. The number of rotatable bonds is 3. The summed E-state index contributed by atoms with van der Waals surface area (Å²) in [6, 6.07) is 19.0. The maximum absolute atomic E-state index is 2.25. The Hall–Kier alpha value is -2.08. The molecule has 0 amide bonds. The van der Waals surface area contributed by atoms with E-state index in [0.717, 1.165) is 0 Å². The van der Waals surface area contributed by atoms with Crippen LogP contribution in [0.15, 0.2) is 66.2 Å². The molecule has 0 spiro atoms. The van der Waals surface area contributed by atoms with Gasteiger partial charge < -0.3 is 0 Å². The van der Waals surface area contributed by atoms with Gasteiger partial charge in [0.1, 0.15) is 0 Å². The number of allylic oxidation sites excluding steroid dienone is 3. The molecule has 0 unspecified atom stereocenters. The molecular formula is C19H20. The van der Waals surface area contributed by atoms with Crippen LogP contribution in [0.4, 0.5) is 0 Å². The highest BCUT2D eigenvalue weighted by molar-refractivity contribution is 5.88. The van der Waals surface area contributed by atoms with Crippen LogP contribution < -0.4 is 0 Å². The Morgan fingerprint density at radius 1 is 0.842 bits per heavy atom. The number of hydrogen-bond donors (Lipinski definition) is 0. The quantitative estimate of drug-likeness (QED) is 0.497. The Morgan fingerprint density at radius 3 is 2.11 bits per heavy atom. The molecule has 96 valence electrons. The zero-order valence-electron chi connectivity index (χ0n) is 11.9. The first-order valence-corrected chi connectivity index (χ1v) is 6.64. The molecule has 0 radical (unpaired) electrons. The van der Waals surface area contributed by atoms with Crippen molar-refractivity contribution in [1.29, 1.82) is 0 Å². The number of hydrogen-bond acceptors (Lipinski definition) is 0. The molecule has 0 saturated heterocycles. The summed E-state index contributed by atoms with van der Waals surface area (Å²) in [6.45, 7) is 6.43. The summed E-state index contributed by atoms with van der Waals surface area (Å²) in [5.74, 6) is 0. The van der Waals surface area contributed by atoms with Gasteiger partial charge in [-0.3, -0.25) is 0 Å². The van der Waals surface area contributed by atoms with Crippen LogP contribution >= 0.6 is 0 Å². The maximum atomic E-state index is 2.25. The third kappa shape index (κ3) is 3.69. The molecule has 0 aliphatic carbocycles. The van der Waals surface area contributed by atoms with E-state index in [0.29, 0.717) is 0 Å². The largest absolute Gasteiger partial charge is 0.0758 e. The van der Waals surface area contributed by atoms with E-state index < -0.39 is 0 Å². The molecule has 2 rings (SSSR count). The van der Waals surface area contributed by atoms with Gasteiger partial charge in [0.15, 0.2) is 0 Å². The fraction of sp³-hybridized carbons (Fsp3) is 0.158. The molecular weight excluding hydrogens is 228 g/mol. The van der Waals surface area contributed by atoms with Crippen molar-refractivity contribution in [2.45, 2.75) is 20.8 Å². The van der Waals surface area contributed by atoms with Gasteiger partial charge in [0.2, 0.25) is 0 Å². The van der Waals surface area contributed by atoms with Gasteiger partial charge in [-0.2, -0.15) is 0 Å². The lowest BCUT2D eigenvalue weighted by Crippen LogP contribution is -1.87. The minimum absolute atomic E-state index is 1.23. The van der Waals surface area contributed by atoms with Gasteiger partial charge in [0.05, 0.1) is 0 Å². The molecule has 0 aromatic heterocycles. The molecule has 0 aliphatic rings. The molecule has 0 nitrogen and oxygen atoms in total. The molecule has 0 saturated carbocycles. The number of benzene rings is 2. The van der Waals surface area contributed by atoms with E-state index in [1.165, 1.54) is 27.8 Å². The molecule has 0 N–H and O–H groups in total. The van der Waals surface area contributed by atoms with Crippen molar-refractivity contribution in [2.24, 2.45) is 0 Å². The van der Waals surface area contributed by atoms with Crippen LogP contribution in [0.3, 0.4) is 0 Å². The van der Waals surface area contributed by atoms with E-state index in [4.69, 9.17) is 0 Å². The topological polar surface area (TPSA) is 0 Å². The van der Waals surface area contributed by atoms with E-state index in [1.54, 1.807) is 0 Å². The van der Waals surface area contributed by atoms with Crippen LogP contribution in [0.5, 0.6) is 0 Å². The van der Waals surface area contributed by atoms with Gasteiger partial charge in [-0.15, -0.1) is 0 Å². The van der Waals surface area contributed by atoms with Crippen molar-refractivity contribution in [3.63, 3.8) is 0 Å². The predicted molar refractivity (Wildman–Crippen MR) is 84.9 cm³/mol. The van der Waals surface area contributed by atoms with Crippen LogP contribution in [0.2, 0.25) is 0 Å². The number of aryl methyl sites for hydroxylation is 1. The van der Waals surface area contributed by atoms with Gasteiger partial charge in [0, 0.05) is 0 Å². The second-order valence-electron chi connectivity index (χ2n) is 5.05. The molecule has 0 fully saturated rings. The zero-order valence-corrected chi connectivity index (χ0v) is 11.9. The average molecular weight is 248 g/mol. The Labute approximate surface area is 116 Å². The highest BCUT2D eigenvalue weighted by Gasteiger charge is 2.02. The van der Waals surface area contributed by atoms with E-state index in [2.05, 4.69) is 81.5 Å². The Kier molecular flexibility index (Phi) is 4.35. The van der Waals surface area contributed by atoms with Crippen LogP contribution in [-0.2, 0) is 0 Å². The summed E-state index contributed by atoms with van der Waals surface area (Å²) < 4.78 is 0. The van der Waals surface area contributed by atoms with E-state index in [1.807, 2.05) is 6.07 Å². The summed E-state index contributed by atoms with van der Waals surface area (Å²) in [5, 5.41) is 0. The second kappa shape index (κ2) is 6.19. The Balaban J connectivity index is 2.52. The lowest BCUT2D eigenvalue weighted by Gasteiger charge is -2.08. The molecule has 19 heavy (non-hydrogen) atoms. The third-order valence-corrected chi connectivity index (χ3v) is 3.02. The monoisotopic (exact) mass is 248 g/mol. The standard InChI is InChI=1S/C19H20/c1-15(2)13-18(14-17-10-5-4-6-11-17)19-12-8-7-9-16(19)3/h4-14H,1-3H3/b18-14-. The Bertz CT molecular complexity index is 597. The van der Waals surface area contributed by atoms with Crippen molar-refractivity contribution < 1.29 is 0 Å². The highest BCUT2D eigenvalue weighted by Crippen LogP contribution is 2.24. The van der Waals surface area contributed by atoms with Gasteiger partial charge >= 0.3 is 0 Å². The first kappa shape index (κ1) is 13.4. The molecule has 0 aliphatic heterocycles. The fourth-order valence-electron chi connectivity index (χ4n) is 2.13. The second-order valence-corrected chi connectivity index (χ2v) is 5.05. The highest BCUT2D eigenvalue weighted by atomic mass is 14.1. The van der Waals surface area contributed by atoms with Crippen LogP contribution in [0.25, 0.3) is 11.6 Å². The average Bonchev–Trinajstić information content (AvgIpc) is 2.39. The first-order chi connectivity index (χ1) is 9.16. The lowest BCUT2D eigenvalue weighted by atomic mass is 9.97. The summed E-state index contributed by atoms with van der Waals surface area (Å²) in [7, 11) is 0. The van der Waals surface area contributed by atoms with Crippen molar-refractivity contribution >= 4 is 11.6 Å². The maximum Gasteiger partial charge on any atom is -0.0155 e. The van der Waals surface area contributed by atoms with Crippen molar-refractivity contribution in [2.75, 3.05) is 0 Å². The molecule has 0 heterocycles. The van der Waals surface area contributed by atoms with Gasteiger partial charge in [-0.1, -0.05) is 66.2 Å². The molecule has 0 bridgehead atoms. The van der Waals surface area contributed by atoms with Crippen LogP contribution in [0, 0.1) is 6.92 Å². The smallest absolute Gasteiger partial charge is 0.0155 e. The van der Waals surface area contributed by atoms with Crippen molar-refractivity contribution in [1.82, 2.24) is 0 Å². The minimum atomic E-state index is 1.23. The fourth-order valence-corrected chi connectivity index (χ4v) is 2.13. The predicted octanol–water partition coefficient (Wildman–Crippen LogP) is 5.50. The van der Waals surface area contributed by atoms with Gasteiger partial charge in [-0.05, 0) is 49.1 Å². The van der Waals surface area contributed by atoms with Crippen LogP contribution in [0.1, 0.15) is 30.5 Å². The summed E-state index contributed by atoms with van der Waals surface area (Å²) in [5.41, 5.74) is 6.42. The lowest BCUT2D eigenvalue weighted by molar-refractivity contribution is 1.38. The molecule has 2 aromatic rings. The van der Waals surface area contributed by atoms with E-state index >= 15 is 0 Å². The van der Waals surface area contributed by atoms with E-state index in [9.17, 15) is 0 Å². The van der Waals surface area contributed by atoms with Crippen LogP contribution in [-0.4, -0.2) is 0 Å². The van der Waals surface area contributed by atoms with Gasteiger partial charge in [0.25, 0.3) is 0 Å². The van der Waals surface area contributed by atoms with Crippen molar-refractivity contribution in [3.8, 4) is 0 Å². The minimum Gasteiger partial charge on any atom is -0.0758 e. The summed E-state index contributed by atoms with van der Waals surface area (Å²) in [4.78, 5) is 0. The third-order valence-electron chi connectivity index (χ3n) is 3.02. The van der Waals surface area contributed by atoms with E-state index in [-0.39, 0.29) is 0 Å². The zero-order chi connectivity index (χ0) is 13.7. The van der Waals surface area contributed by atoms with Gasteiger partial charge in [-0.25, -0.2) is 0 Å². The first-order valence-electron chi connectivity index (χ1n) is 6.64. The molecule has 0 atom stereocenters.